The summed E-state index contributed by atoms with van der Waals surface area (Å²) < 4.78 is 10.4. The first-order valence-corrected chi connectivity index (χ1v) is 6.75. The minimum atomic E-state index is -0.0361. The molecule has 0 N–H and O–H groups in total. The third-order valence-electron chi connectivity index (χ3n) is 2.69. The Morgan fingerprint density at radius 2 is 2.59 bits per heavy atom. The number of hydrogen-bond donors (Lipinski definition) is 0. The van der Waals surface area contributed by atoms with Gasteiger partial charge in [0.1, 0.15) is 5.75 Å². The first kappa shape index (κ1) is 12.7. The Balaban J connectivity index is 2.12. The predicted molar refractivity (Wildman–Crippen MR) is 67.2 cm³/mol. The highest BCUT2D eigenvalue weighted by molar-refractivity contribution is 7.12. The third-order valence-corrected chi connectivity index (χ3v) is 3.94. The van der Waals surface area contributed by atoms with Crippen LogP contribution >= 0.6 is 22.9 Å². The molecule has 1 aromatic heterocycles. The molecule has 1 aliphatic rings. The standard InChI is InChI=1S/C11H14ClNO3S/c1-15-9-4-10(17-7-9)11(14)13-2-3-16-6-8(13)5-12/h4,7-8H,2-3,5-6H2,1H3. The van der Waals surface area contributed by atoms with Gasteiger partial charge in [-0.05, 0) is 0 Å². The van der Waals surface area contributed by atoms with Gasteiger partial charge in [-0.25, -0.2) is 0 Å². The molecular weight excluding hydrogens is 262 g/mol. The van der Waals surface area contributed by atoms with Crippen molar-refractivity contribution in [3.63, 3.8) is 0 Å². The van der Waals surface area contributed by atoms with Crippen molar-refractivity contribution in [2.45, 2.75) is 6.04 Å². The van der Waals surface area contributed by atoms with E-state index in [2.05, 4.69) is 0 Å². The minimum Gasteiger partial charge on any atom is -0.496 e. The largest absolute Gasteiger partial charge is 0.496 e. The lowest BCUT2D eigenvalue weighted by molar-refractivity contribution is 0.00483. The van der Waals surface area contributed by atoms with Crippen LogP contribution in [0.5, 0.6) is 5.75 Å². The first-order valence-electron chi connectivity index (χ1n) is 5.33. The van der Waals surface area contributed by atoms with Crippen LogP contribution in [0.2, 0.25) is 0 Å². The summed E-state index contributed by atoms with van der Waals surface area (Å²) in [4.78, 5) is 14.7. The molecule has 2 rings (SSSR count). The number of methoxy groups -OCH3 is 1. The number of alkyl halides is 1. The number of carbonyl (C=O) groups excluding carboxylic acids is 1. The van der Waals surface area contributed by atoms with Crippen molar-refractivity contribution in [3.8, 4) is 5.75 Å². The fraction of sp³-hybridized carbons (Fsp3) is 0.545. The van der Waals surface area contributed by atoms with Gasteiger partial charge in [0.05, 0.1) is 31.2 Å². The number of carbonyl (C=O) groups is 1. The summed E-state index contributed by atoms with van der Waals surface area (Å²) in [7, 11) is 1.59. The van der Waals surface area contributed by atoms with Gasteiger partial charge in [-0.3, -0.25) is 4.79 Å². The number of morpholine rings is 1. The quantitative estimate of drug-likeness (QED) is 0.790. The molecule has 1 aliphatic heterocycles. The molecule has 0 bridgehead atoms. The Morgan fingerprint density at radius 1 is 1.76 bits per heavy atom. The number of ether oxygens (including phenoxy) is 2. The molecule has 17 heavy (non-hydrogen) atoms. The van der Waals surface area contributed by atoms with Crippen LogP contribution in [0.25, 0.3) is 0 Å². The molecular formula is C11H14ClNO3S. The summed E-state index contributed by atoms with van der Waals surface area (Å²) in [5.74, 6) is 1.12. The van der Waals surface area contributed by atoms with Gasteiger partial charge in [-0.15, -0.1) is 22.9 Å². The normalized spacial score (nSPS) is 20.4. The van der Waals surface area contributed by atoms with Gasteiger partial charge >= 0.3 is 0 Å². The van der Waals surface area contributed by atoms with Crippen LogP contribution < -0.4 is 4.74 Å². The minimum absolute atomic E-state index is 0.00671. The molecule has 94 valence electrons. The van der Waals surface area contributed by atoms with E-state index in [4.69, 9.17) is 21.1 Å². The lowest BCUT2D eigenvalue weighted by Crippen LogP contribution is -2.49. The van der Waals surface area contributed by atoms with Crippen molar-refractivity contribution in [2.24, 2.45) is 0 Å². The lowest BCUT2D eigenvalue weighted by atomic mass is 10.2. The smallest absolute Gasteiger partial charge is 0.264 e. The zero-order chi connectivity index (χ0) is 12.3. The second-order valence-corrected chi connectivity index (χ2v) is 4.95. The van der Waals surface area contributed by atoms with Crippen molar-refractivity contribution in [2.75, 3.05) is 32.7 Å². The maximum Gasteiger partial charge on any atom is 0.264 e. The highest BCUT2D eigenvalue weighted by atomic mass is 35.5. The molecule has 1 amide bonds. The van der Waals surface area contributed by atoms with Gasteiger partial charge in [-0.2, -0.15) is 0 Å². The van der Waals surface area contributed by atoms with E-state index in [1.807, 2.05) is 5.38 Å². The van der Waals surface area contributed by atoms with E-state index in [0.717, 1.165) is 0 Å². The van der Waals surface area contributed by atoms with Crippen LogP contribution in [0.1, 0.15) is 9.67 Å². The highest BCUT2D eigenvalue weighted by Crippen LogP contribution is 2.24. The zero-order valence-electron chi connectivity index (χ0n) is 9.52. The fourth-order valence-electron chi connectivity index (χ4n) is 1.73. The summed E-state index contributed by atoms with van der Waals surface area (Å²) in [6.45, 7) is 1.68. The maximum absolute atomic E-state index is 12.3. The van der Waals surface area contributed by atoms with E-state index < -0.39 is 0 Å². The summed E-state index contributed by atoms with van der Waals surface area (Å²) in [6.07, 6.45) is 0. The molecule has 1 atom stereocenters. The lowest BCUT2D eigenvalue weighted by Gasteiger charge is -2.34. The van der Waals surface area contributed by atoms with E-state index in [-0.39, 0.29) is 11.9 Å². The van der Waals surface area contributed by atoms with Crippen LogP contribution in [-0.2, 0) is 4.74 Å². The summed E-state index contributed by atoms with van der Waals surface area (Å²) in [6, 6.07) is 1.72. The second-order valence-electron chi connectivity index (χ2n) is 3.73. The Bertz CT molecular complexity index is 396. The molecule has 6 heteroatoms. The van der Waals surface area contributed by atoms with Gasteiger partial charge in [-0.1, -0.05) is 0 Å². The van der Waals surface area contributed by atoms with Crippen molar-refractivity contribution in [1.29, 1.82) is 0 Å². The van der Waals surface area contributed by atoms with Crippen LogP contribution in [0.3, 0.4) is 0 Å². The topological polar surface area (TPSA) is 38.8 Å². The van der Waals surface area contributed by atoms with Crippen LogP contribution in [0.4, 0.5) is 0 Å². The van der Waals surface area contributed by atoms with Crippen LogP contribution in [0.15, 0.2) is 11.4 Å². The number of halogens is 1. The van der Waals surface area contributed by atoms with Gasteiger partial charge < -0.3 is 14.4 Å². The molecule has 2 heterocycles. The van der Waals surface area contributed by atoms with E-state index in [0.29, 0.717) is 36.3 Å². The molecule has 1 unspecified atom stereocenters. The Morgan fingerprint density at radius 3 is 3.24 bits per heavy atom. The Labute approximate surface area is 109 Å². The first-order chi connectivity index (χ1) is 8.26. The molecule has 4 nitrogen and oxygen atoms in total. The SMILES string of the molecule is COc1csc(C(=O)N2CCOCC2CCl)c1. The van der Waals surface area contributed by atoms with E-state index >= 15 is 0 Å². The Kier molecular flexibility index (Phi) is 4.25. The molecule has 1 saturated heterocycles. The number of thiophene rings is 1. The average molecular weight is 276 g/mol. The van der Waals surface area contributed by atoms with Crippen LogP contribution in [-0.4, -0.2) is 49.6 Å². The number of rotatable bonds is 3. The number of hydrogen-bond acceptors (Lipinski definition) is 4. The highest BCUT2D eigenvalue weighted by Gasteiger charge is 2.28. The monoisotopic (exact) mass is 275 g/mol. The molecule has 0 spiro atoms. The molecule has 0 aromatic carbocycles. The molecule has 1 fully saturated rings. The van der Waals surface area contributed by atoms with Gasteiger partial charge in [0.25, 0.3) is 5.91 Å². The number of nitrogens with zero attached hydrogens (tertiary/aromatic N) is 1. The van der Waals surface area contributed by atoms with E-state index in [1.165, 1.54) is 11.3 Å². The van der Waals surface area contributed by atoms with Crippen molar-refractivity contribution >= 4 is 28.8 Å². The van der Waals surface area contributed by atoms with Crippen molar-refractivity contribution in [3.05, 3.63) is 16.3 Å². The van der Waals surface area contributed by atoms with E-state index in [9.17, 15) is 4.79 Å². The van der Waals surface area contributed by atoms with Crippen molar-refractivity contribution < 1.29 is 14.3 Å². The number of amides is 1. The molecule has 0 aliphatic carbocycles. The maximum atomic E-state index is 12.3. The Hall–Kier alpha value is -0.780. The van der Waals surface area contributed by atoms with Crippen molar-refractivity contribution in [1.82, 2.24) is 4.90 Å². The second kappa shape index (κ2) is 5.71. The molecule has 0 radical (unpaired) electrons. The summed E-state index contributed by atoms with van der Waals surface area (Å²) in [5.41, 5.74) is 0. The summed E-state index contributed by atoms with van der Waals surface area (Å²) in [5, 5.41) is 1.82. The third kappa shape index (κ3) is 2.73. The van der Waals surface area contributed by atoms with Crippen LogP contribution in [0, 0.1) is 0 Å². The molecule has 1 aromatic rings. The van der Waals surface area contributed by atoms with Gasteiger partial charge in [0, 0.05) is 23.9 Å². The fourth-order valence-corrected chi connectivity index (χ4v) is 2.79. The zero-order valence-corrected chi connectivity index (χ0v) is 11.1. The molecule has 0 saturated carbocycles. The summed E-state index contributed by atoms with van der Waals surface area (Å²) >= 11 is 7.23. The van der Waals surface area contributed by atoms with E-state index in [1.54, 1.807) is 18.1 Å². The van der Waals surface area contributed by atoms with Gasteiger partial charge in [0.15, 0.2) is 0 Å². The predicted octanol–water partition coefficient (Wildman–Crippen LogP) is 1.84. The average Bonchev–Trinajstić information content (AvgIpc) is 2.86. The van der Waals surface area contributed by atoms with Gasteiger partial charge in [0.2, 0.25) is 0 Å².